The van der Waals surface area contributed by atoms with Crippen molar-refractivity contribution in [2.45, 2.75) is 31.0 Å². The van der Waals surface area contributed by atoms with Crippen LogP contribution >= 0.6 is 46.8 Å². The second-order valence-electron chi connectivity index (χ2n) is 4.48. The molecular weight excluding hydrogens is 327 g/mol. The molecule has 1 amide bonds. The number of anilines is 1. The van der Waals surface area contributed by atoms with Gasteiger partial charge in [0.1, 0.15) is 9.34 Å². The largest absolute Gasteiger partial charge is 0.307 e. The van der Waals surface area contributed by atoms with Crippen LogP contribution in [0.25, 0.3) is 0 Å². The minimum absolute atomic E-state index is 0.168. The average molecular weight is 339 g/mol. The number of nitrogens with one attached hydrogen (secondary N) is 2. The zero-order chi connectivity index (χ0) is 14.3. The molecule has 0 saturated heterocycles. The zero-order valence-electron chi connectivity index (χ0n) is 10.3. The highest BCUT2D eigenvalue weighted by Gasteiger charge is 2.68. The van der Waals surface area contributed by atoms with Gasteiger partial charge in [0.05, 0.1) is 5.41 Å². The van der Waals surface area contributed by atoms with Crippen molar-refractivity contribution in [2.24, 2.45) is 5.41 Å². The molecule has 0 radical (unpaired) electrons. The topological polar surface area (TPSA) is 66.9 Å². The fourth-order valence-corrected chi connectivity index (χ4v) is 3.11. The average Bonchev–Trinajstić information content (AvgIpc) is 2.69. The molecule has 1 unspecified atom stereocenters. The molecule has 1 aromatic heterocycles. The summed E-state index contributed by atoms with van der Waals surface area (Å²) in [6, 6.07) is 0. The Labute approximate surface area is 130 Å². The first kappa shape index (κ1) is 14.9. The molecule has 9 heteroatoms. The van der Waals surface area contributed by atoms with E-state index in [0.29, 0.717) is 11.6 Å². The molecule has 0 spiro atoms. The van der Waals surface area contributed by atoms with Crippen LogP contribution in [0, 0.1) is 5.41 Å². The van der Waals surface area contributed by atoms with Gasteiger partial charge in [-0.1, -0.05) is 18.3 Å². The van der Waals surface area contributed by atoms with Gasteiger partial charge in [-0.15, -0.1) is 33.4 Å². The number of alkyl halides is 2. The quantitative estimate of drug-likeness (QED) is 0.654. The lowest BCUT2D eigenvalue weighted by molar-refractivity contribution is -0.124. The number of aryl methyl sites for hydroxylation is 1. The molecular formula is C10H12Cl2N4OS2. The third kappa shape index (κ3) is 2.99. The van der Waals surface area contributed by atoms with Crippen molar-refractivity contribution < 1.29 is 4.79 Å². The molecule has 104 valence electrons. The number of aromatic nitrogens is 2. The highest BCUT2D eigenvalue weighted by molar-refractivity contribution is 7.80. The Kier molecular flexibility index (Phi) is 4.02. The molecule has 1 aliphatic carbocycles. The number of halogens is 2. The maximum absolute atomic E-state index is 12.0. The maximum atomic E-state index is 12.0. The van der Waals surface area contributed by atoms with E-state index in [4.69, 9.17) is 35.4 Å². The van der Waals surface area contributed by atoms with Crippen LogP contribution in [0.1, 0.15) is 25.3 Å². The van der Waals surface area contributed by atoms with Crippen LogP contribution < -0.4 is 10.6 Å². The fourth-order valence-electron chi connectivity index (χ4n) is 1.46. The maximum Gasteiger partial charge on any atom is 0.235 e. The molecule has 5 nitrogen and oxygen atoms in total. The molecule has 1 fully saturated rings. The number of carbonyl (C=O) groups excluding carboxylic acids is 1. The Morgan fingerprint density at radius 2 is 2.16 bits per heavy atom. The molecule has 0 aliphatic heterocycles. The second kappa shape index (κ2) is 5.12. The van der Waals surface area contributed by atoms with Crippen molar-refractivity contribution in [3.8, 4) is 0 Å². The first-order valence-corrected chi connectivity index (χ1v) is 7.59. The van der Waals surface area contributed by atoms with Crippen LogP contribution in [0.4, 0.5) is 5.13 Å². The third-order valence-electron chi connectivity index (χ3n) is 2.98. The summed E-state index contributed by atoms with van der Waals surface area (Å²) in [7, 11) is 0. The minimum atomic E-state index is -1.01. The van der Waals surface area contributed by atoms with Crippen LogP contribution in [0.2, 0.25) is 0 Å². The van der Waals surface area contributed by atoms with Gasteiger partial charge < -0.3 is 10.6 Å². The summed E-state index contributed by atoms with van der Waals surface area (Å²) in [6.07, 6.45) is 1.22. The van der Waals surface area contributed by atoms with Gasteiger partial charge in [-0.25, -0.2) is 0 Å². The van der Waals surface area contributed by atoms with Crippen LogP contribution in [-0.4, -0.2) is 25.6 Å². The van der Waals surface area contributed by atoms with Gasteiger partial charge >= 0.3 is 0 Å². The van der Waals surface area contributed by atoms with E-state index in [2.05, 4.69) is 20.8 Å². The number of hydrogen-bond acceptors (Lipinski definition) is 5. The number of amides is 1. The first-order valence-electron chi connectivity index (χ1n) is 5.61. The van der Waals surface area contributed by atoms with E-state index in [0.717, 1.165) is 11.4 Å². The van der Waals surface area contributed by atoms with Crippen LogP contribution in [-0.2, 0) is 11.2 Å². The van der Waals surface area contributed by atoms with Gasteiger partial charge in [-0.2, -0.15) is 0 Å². The number of hydrogen-bond donors (Lipinski definition) is 2. The van der Waals surface area contributed by atoms with E-state index in [9.17, 15) is 4.79 Å². The Bertz CT molecular complexity index is 533. The van der Waals surface area contributed by atoms with Crippen molar-refractivity contribution in [3.05, 3.63) is 5.01 Å². The Morgan fingerprint density at radius 1 is 1.53 bits per heavy atom. The summed E-state index contributed by atoms with van der Waals surface area (Å²) in [5, 5.41) is 14.8. The van der Waals surface area contributed by atoms with Gasteiger partial charge in [-0.3, -0.25) is 4.79 Å². The highest BCUT2D eigenvalue weighted by Crippen LogP contribution is 2.63. The van der Waals surface area contributed by atoms with Crippen molar-refractivity contribution in [2.75, 3.05) is 5.32 Å². The first-order chi connectivity index (χ1) is 8.78. The summed E-state index contributed by atoms with van der Waals surface area (Å²) < 4.78 is -1.01. The van der Waals surface area contributed by atoms with E-state index in [1.807, 2.05) is 6.92 Å². The summed E-state index contributed by atoms with van der Waals surface area (Å²) in [5.41, 5.74) is -0.794. The van der Waals surface area contributed by atoms with Crippen LogP contribution in [0.5, 0.6) is 0 Å². The molecule has 19 heavy (non-hydrogen) atoms. The molecule has 1 heterocycles. The lowest BCUT2D eigenvalue weighted by Gasteiger charge is -2.13. The van der Waals surface area contributed by atoms with Crippen molar-refractivity contribution >= 4 is 62.9 Å². The SMILES string of the molecule is CCc1nnc(NC(=S)NC(=O)C2(C)CC2(Cl)Cl)s1. The lowest BCUT2D eigenvalue weighted by atomic mass is 10.1. The Hall–Kier alpha value is -0.500. The third-order valence-corrected chi connectivity index (χ3v) is 5.26. The van der Waals surface area contributed by atoms with Crippen LogP contribution in [0.3, 0.4) is 0 Å². The molecule has 1 saturated carbocycles. The molecule has 1 aromatic rings. The van der Waals surface area contributed by atoms with E-state index in [-0.39, 0.29) is 11.0 Å². The summed E-state index contributed by atoms with van der Waals surface area (Å²) >= 11 is 18.3. The standard InChI is InChI=1S/C10H12Cl2N4OS2/c1-3-5-15-16-8(19-5)14-7(18)13-6(17)9(2)4-10(9,11)12/h3-4H2,1-2H3,(H2,13,14,16,17,18). The van der Waals surface area contributed by atoms with Crippen molar-refractivity contribution in [3.63, 3.8) is 0 Å². The molecule has 0 aromatic carbocycles. The highest BCUT2D eigenvalue weighted by atomic mass is 35.5. The van der Waals surface area contributed by atoms with Gasteiger partial charge in [0.15, 0.2) is 5.11 Å². The fraction of sp³-hybridized carbons (Fsp3) is 0.600. The summed E-state index contributed by atoms with van der Waals surface area (Å²) in [4.78, 5) is 12.0. The van der Waals surface area contributed by atoms with Crippen LogP contribution in [0.15, 0.2) is 0 Å². The van der Waals surface area contributed by atoms with E-state index < -0.39 is 9.75 Å². The number of thiocarbonyl (C=S) groups is 1. The van der Waals surface area contributed by atoms with Crippen molar-refractivity contribution in [1.29, 1.82) is 0 Å². The molecule has 1 aliphatic rings. The lowest BCUT2D eigenvalue weighted by Crippen LogP contribution is -2.40. The number of rotatable bonds is 3. The van der Waals surface area contributed by atoms with Gasteiger partial charge in [-0.05, 0) is 32.0 Å². The molecule has 0 bridgehead atoms. The van der Waals surface area contributed by atoms with Gasteiger partial charge in [0, 0.05) is 0 Å². The smallest absolute Gasteiger partial charge is 0.235 e. The predicted molar refractivity (Wildman–Crippen MR) is 80.8 cm³/mol. The number of carbonyl (C=O) groups is 1. The van der Waals surface area contributed by atoms with Gasteiger partial charge in [0.25, 0.3) is 0 Å². The van der Waals surface area contributed by atoms with Gasteiger partial charge in [0.2, 0.25) is 11.0 Å². The summed E-state index contributed by atoms with van der Waals surface area (Å²) in [6.45, 7) is 3.68. The van der Waals surface area contributed by atoms with Crippen molar-refractivity contribution in [1.82, 2.24) is 15.5 Å². The van der Waals surface area contributed by atoms with E-state index in [1.165, 1.54) is 11.3 Å². The van der Waals surface area contributed by atoms with E-state index in [1.54, 1.807) is 6.92 Å². The number of nitrogens with zero attached hydrogens (tertiary/aromatic N) is 2. The molecule has 2 rings (SSSR count). The zero-order valence-corrected chi connectivity index (χ0v) is 13.4. The predicted octanol–water partition coefficient (Wildman–Crippen LogP) is 2.50. The minimum Gasteiger partial charge on any atom is -0.307 e. The second-order valence-corrected chi connectivity index (χ2v) is 7.43. The summed E-state index contributed by atoms with van der Waals surface area (Å²) in [5.74, 6) is -0.296. The Morgan fingerprint density at radius 3 is 2.63 bits per heavy atom. The van der Waals surface area contributed by atoms with E-state index >= 15 is 0 Å². The normalized spacial score (nSPS) is 23.8. The molecule has 1 atom stereocenters. The molecule has 2 N–H and O–H groups in total. The Balaban J connectivity index is 1.90. The monoisotopic (exact) mass is 338 g/mol.